The summed E-state index contributed by atoms with van der Waals surface area (Å²) >= 11 is 0. The molecule has 0 atom stereocenters. The van der Waals surface area contributed by atoms with E-state index >= 15 is 0 Å². The minimum Gasteiger partial charge on any atom is -0.352 e. The lowest BCUT2D eigenvalue weighted by atomic mass is 9.95. The Hall–Kier alpha value is -2.83. The van der Waals surface area contributed by atoms with Crippen LogP contribution in [0.5, 0.6) is 0 Å². The summed E-state index contributed by atoms with van der Waals surface area (Å²) in [6.45, 7) is 1.27. The van der Waals surface area contributed by atoms with Crippen LogP contribution < -0.4 is 5.32 Å². The number of carbonyl (C=O) groups excluding carboxylic acids is 2. The van der Waals surface area contributed by atoms with Crippen LogP contribution >= 0.6 is 0 Å². The molecule has 1 heterocycles. The minimum atomic E-state index is -4.42. The molecule has 2 amide bonds. The monoisotopic (exact) mass is 390 g/mol. The fourth-order valence-electron chi connectivity index (χ4n) is 3.26. The Labute approximate surface area is 161 Å². The van der Waals surface area contributed by atoms with Crippen molar-refractivity contribution in [3.05, 3.63) is 71.3 Å². The van der Waals surface area contributed by atoms with Gasteiger partial charge in [0.1, 0.15) is 0 Å². The van der Waals surface area contributed by atoms with Crippen molar-refractivity contribution in [2.45, 2.75) is 25.6 Å². The molecule has 1 N–H and O–H groups in total. The van der Waals surface area contributed by atoms with Gasteiger partial charge in [0.25, 0.3) is 5.91 Å². The number of carbonyl (C=O) groups is 2. The molecular weight excluding hydrogens is 369 g/mol. The van der Waals surface area contributed by atoms with Crippen molar-refractivity contribution in [2.24, 2.45) is 5.92 Å². The highest BCUT2D eigenvalue weighted by Crippen LogP contribution is 2.29. The third-order valence-corrected chi connectivity index (χ3v) is 4.92. The molecule has 0 radical (unpaired) electrons. The van der Waals surface area contributed by atoms with E-state index in [4.69, 9.17) is 0 Å². The number of hydrogen-bond donors (Lipinski definition) is 1. The summed E-state index contributed by atoms with van der Waals surface area (Å²) in [5, 5.41) is 2.92. The van der Waals surface area contributed by atoms with E-state index < -0.39 is 11.7 Å². The third kappa shape index (κ3) is 4.91. The van der Waals surface area contributed by atoms with Gasteiger partial charge in [0, 0.05) is 31.1 Å². The second kappa shape index (κ2) is 8.46. The maximum absolute atomic E-state index is 12.6. The summed E-state index contributed by atoms with van der Waals surface area (Å²) < 4.78 is 37.9. The number of hydrogen-bond acceptors (Lipinski definition) is 2. The van der Waals surface area contributed by atoms with Crippen LogP contribution in [0.4, 0.5) is 13.2 Å². The minimum absolute atomic E-state index is 0.0366. The summed E-state index contributed by atoms with van der Waals surface area (Å²) in [5.41, 5.74) is 0.462. The Bertz CT molecular complexity index is 812. The Morgan fingerprint density at radius 3 is 2.14 bits per heavy atom. The first-order chi connectivity index (χ1) is 13.3. The zero-order valence-corrected chi connectivity index (χ0v) is 15.2. The summed E-state index contributed by atoms with van der Waals surface area (Å²) in [5.74, 6) is -0.511. The standard InChI is InChI=1S/C21H21F3N2O2/c22-21(23,24)18-8-6-17(7-9-18)20(28)26-12-10-16(11-13-26)19(27)25-14-15-4-2-1-3-5-15/h1-9,16H,10-14H2,(H,25,27). The molecule has 148 valence electrons. The second-order valence-corrected chi connectivity index (χ2v) is 6.84. The fraction of sp³-hybridized carbons (Fsp3) is 0.333. The number of alkyl halides is 3. The quantitative estimate of drug-likeness (QED) is 0.862. The molecule has 7 heteroatoms. The predicted octanol–water partition coefficient (Wildman–Crippen LogP) is 3.87. The zero-order chi connectivity index (χ0) is 20.1. The van der Waals surface area contributed by atoms with Crippen LogP contribution in [0.15, 0.2) is 54.6 Å². The van der Waals surface area contributed by atoms with E-state index in [-0.39, 0.29) is 23.3 Å². The molecule has 1 aliphatic heterocycles. The zero-order valence-electron chi connectivity index (χ0n) is 15.2. The molecule has 0 spiro atoms. The van der Waals surface area contributed by atoms with Crippen molar-refractivity contribution in [1.29, 1.82) is 0 Å². The second-order valence-electron chi connectivity index (χ2n) is 6.84. The Morgan fingerprint density at radius 2 is 1.57 bits per heavy atom. The van der Waals surface area contributed by atoms with Gasteiger partial charge >= 0.3 is 6.18 Å². The van der Waals surface area contributed by atoms with Crippen molar-refractivity contribution in [3.63, 3.8) is 0 Å². The van der Waals surface area contributed by atoms with Gasteiger partial charge in [0.2, 0.25) is 5.91 Å². The molecular formula is C21H21F3N2O2. The fourth-order valence-corrected chi connectivity index (χ4v) is 3.26. The molecule has 2 aromatic carbocycles. The number of nitrogens with zero attached hydrogens (tertiary/aromatic N) is 1. The molecule has 1 fully saturated rings. The van der Waals surface area contributed by atoms with Gasteiger partial charge in [-0.15, -0.1) is 0 Å². The highest BCUT2D eigenvalue weighted by Gasteiger charge is 2.31. The van der Waals surface area contributed by atoms with Crippen LogP contribution in [-0.4, -0.2) is 29.8 Å². The highest BCUT2D eigenvalue weighted by atomic mass is 19.4. The van der Waals surface area contributed by atoms with Crippen LogP contribution in [0.3, 0.4) is 0 Å². The van der Waals surface area contributed by atoms with E-state index in [0.29, 0.717) is 32.5 Å². The number of nitrogens with one attached hydrogen (secondary N) is 1. The van der Waals surface area contributed by atoms with E-state index in [1.54, 1.807) is 4.90 Å². The van der Waals surface area contributed by atoms with Crippen molar-refractivity contribution in [2.75, 3.05) is 13.1 Å². The Kier molecular flexibility index (Phi) is 6.02. The van der Waals surface area contributed by atoms with Crippen molar-refractivity contribution >= 4 is 11.8 Å². The number of rotatable bonds is 4. The van der Waals surface area contributed by atoms with Gasteiger partial charge in [-0.1, -0.05) is 30.3 Å². The molecule has 4 nitrogen and oxygen atoms in total. The average molecular weight is 390 g/mol. The number of benzene rings is 2. The van der Waals surface area contributed by atoms with E-state index in [1.165, 1.54) is 12.1 Å². The predicted molar refractivity (Wildman–Crippen MR) is 98.4 cm³/mol. The molecule has 0 aromatic heterocycles. The van der Waals surface area contributed by atoms with Gasteiger partial charge in [-0.2, -0.15) is 13.2 Å². The SMILES string of the molecule is O=C(NCc1ccccc1)C1CCN(C(=O)c2ccc(C(F)(F)F)cc2)CC1. The van der Waals surface area contributed by atoms with Crippen LogP contribution in [0, 0.1) is 5.92 Å². The molecule has 2 aromatic rings. The molecule has 0 saturated carbocycles. The van der Waals surface area contributed by atoms with Gasteiger partial charge in [-0.05, 0) is 42.7 Å². The van der Waals surface area contributed by atoms with Crippen LogP contribution in [0.2, 0.25) is 0 Å². The summed E-state index contributed by atoms with van der Waals surface area (Å²) in [6.07, 6.45) is -3.35. The molecule has 0 unspecified atom stereocenters. The smallest absolute Gasteiger partial charge is 0.352 e. The number of piperidine rings is 1. The number of likely N-dealkylation sites (tertiary alicyclic amines) is 1. The van der Waals surface area contributed by atoms with E-state index in [0.717, 1.165) is 17.7 Å². The third-order valence-electron chi connectivity index (χ3n) is 4.92. The van der Waals surface area contributed by atoms with Gasteiger partial charge in [-0.3, -0.25) is 9.59 Å². The highest BCUT2D eigenvalue weighted by molar-refractivity contribution is 5.94. The molecule has 1 aliphatic rings. The van der Waals surface area contributed by atoms with Gasteiger partial charge in [0.05, 0.1) is 5.56 Å². The first kappa shape index (κ1) is 19.9. The van der Waals surface area contributed by atoms with E-state index in [1.807, 2.05) is 30.3 Å². The Balaban J connectivity index is 1.50. The van der Waals surface area contributed by atoms with Crippen molar-refractivity contribution < 1.29 is 22.8 Å². The van der Waals surface area contributed by atoms with Crippen molar-refractivity contribution in [1.82, 2.24) is 10.2 Å². The molecule has 28 heavy (non-hydrogen) atoms. The lowest BCUT2D eigenvalue weighted by Gasteiger charge is -2.31. The molecule has 1 saturated heterocycles. The molecule has 0 aliphatic carbocycles. The van der Waals surface area contributed by atoms with Crippen LogP contribution in [0.25, 0.3) is 0 Å². The van der Waals surface area contributed by atoms with Gasteiger partial charge in [0.15, 0.2) is 0 Å². The van der Waals surface area contributed by atoms with Gasteiger partial charge < -0.3 is 10.2 Å². The topological polar surface area (TPSA) is 49.4 Å². The maximum Gasteiger partial charge on any atom is 0.416 e. The summed E-state index contributed by atoms with van der Waals surface area (Å²) in [6, 6.07) is 13.8. The number of halogens is 3. The summed E-state index contributed by atoms with van der Waals surface area (Å²) in [7, 11) is 0. The lowest BCUT2D eigenvalue weighted by molar-refractivity contribution is -0.137. The average Bonchev–Trinajstić information content (AvgIpc) is 2.72. The normalized spacial score (nSPS) is 15.3. The van der Waals surface area contributed by atoms with Crippen LogP contribution in [0.1, 0.15) is 34.3 Å². The maximum atomic E-state index is 12.6. The van der Waals surface area contributed by atoms with Crippen LogP contribution in [-0.2, 0) is 17.5 Å². The summed E-state index contributed by atoms with van der Waals surface area (Å²) in [4.78, 5) is 26.4. The van der Waals surface area contributed by atoms with E-state index in [2.05, 4.69) is 5.32 Å². The Morgan fingerprint density at radius 1 is 0.964 bits per heavy atom. The molecule has 0 bridgehead atoms. The largest absolute Gasteiger partial charge is 0.416 e. The van der Waals surface area contributed by atoms with Crippen molar-refractivity contribution in [3.8, 4) is 0 Å². The lowest BCUT2D eigenvalue weighted by Crippen LogP contribution is -2.42. The van der Waals surface area contributed by atoms with E-state index in [9.17, 15) is 22.8 Å². The first-order valence-electron chi connectivity index (χ1n) is 9.13. The molecule has 3 rings (SSSR count). The number of amides is 2. The first-order valence-corrected chi connectivity index (χ1v) is 9.13. The van der Waals surface area contributed by atoms with Gasteiger partial charge in [-0.25, -0.2) is 0 Å².